The first-order valence-corrected chi connectivity index (χ1v) is 3.23. The quantitative estimate of drug-likeness (QED) is 0.435. The van der Waals surface area contributed by atoms with Crippen LogP contribution in [0.2, 0.25) is 0 Å². The summed E-state index contributed by atoms with van der Waals surface area (Å²) in [6.07, 6.45) is 1.10. The number of hydrogen-bond donors (Lipinski definition) is 1. The highest BCUT2D eigenvalue weighted by atomic mass is 32.1. The SMILES string of the molecule is CCCOCCS. The molecule has 0 spiro atoms. The van der Waals surface area contributed by atoms with Crippen LogP contribution < -0.4 is 0 Å². The van der Waals surface area contributed by atoms with E-state index in [0.717, 1.165) is 25.4 Å². The number of ether oxygens (including phenoxy) is 1. The lowest BCUT2D eigenvalue weighted by atomic mass is 10.5. The molecule has 0 radical (unpaired) electrons. The molecule has 0 saturated carbocycles. The van der Waals surface area contributed by atoms with Gasteiger partial charge in [-0.2, -0.15) is 12.6 Å². The first-order chi connectivity index (χ1) is 3.41. The van der Waals surface area contributed by atoms with Gasteiger partial charge in [-0.25, -0.2) is 0 Å². The van der Waals surface area contributed by atoms with Crippen molar-refractivity contribution in [3.63, 3.8) is 0 Å². The fourth-order valence-electron chi connectivity index (χ4n) is 0.311. The van der Waals surface area contributed by atoms with Gasteiger partial charge < -0.3 is 4.74 Å². The Labute approximate surface area is 50.5 Å². The van der Waals surface area contributed by atoms with Crippen LogP contribution in [0.1, 0.15) is 13.3 Å². The molecule has 0 N–H and O–H groups in total. The highest BCUT2D eigenvalue weighted by molar-refractivity contribution is 7.80. The number of thiol groups is 1. The van der Waals surface area contributed by atoms with E-state index in [2.05, 4.69) is 19.6 Å². The molecule has 0 aromatic heterocycles. The van der Waals surface area contributed by atoms with Gasteiger partial charge in [0.2, 0.25) is 0 Å². The van der Waals surface area contributed by atoms with E-state index in [9.17, 15) is 0 Å². The van der Waals surface area contributed by atoms with E-state index in [0.29, 0.717) is 0 Å². The zero-order valence-electron chi connectivity index (χ0n) is 4.68. The maximum atomic E-state index is 5.06. The molecule has 0 saturated heterocycles. The second-order valence-electron chi connectivity index (χ2n) is 1.34. The molecular weight excluding hydrogens is 108 g/mol. The number of rotatable bonds is 4. The van der Waals surface area contributed by atoms with Crippen LogP contribution in [0.5, 0.6) is 0 Å². The summed E-state index contributed by atoms with van der Waals surface area (Å²) >= 11 is 3.97. The van der Waals surface area contributed by atoms with Gasteiger partial charge in [0.25, 0.3) is 0 Å². The molecule has 0 aromatic carbocycles. The molecule has 0 aromatic rings. The standard InChI is InChI=1S/C5H12OS/c1-2-3-6-4-5-7/h7H,2-5H2,1H3. The summed E-state index contributed by atoms with van der Waals surface area (Å²) in [5.41, 5.74) is 0. The topological polar surface area (TPSA) is 9.23 Å². The minimum Gasteiger partial charge on any atom is -0.381 e. The van der Waals surface area contributed by atoms with Gasteiger partial charge in [-0.15, -0.1) is 0 Å². The minimum absolute atomic E-state index is 0.789. The first-order valence-electron chi connectivity index (χ1n) is 2.60. The van der Waals surface area contributed by atoms with Gasteiger partial charge >= 0.3 is 0 Å². The molecule has 0 amide bonds. The second-order valence-corrected chi connectivity index (χ2v) is 1.78. The summed E-state index contributed by atoms with van der Waals surface area (Å²) in [6, 6.07) is 0. The Morgan fingerprint density at radius 1 is 1.43 bits per heavy atom. The third-order valence-corrected chi connectivity index (χ3v) is 0.767. The highest BCUT2D eigenvalue weighted by Gasteiger charge is 1.78. The summed E-state index contributed by atoms with van der Waals surface area (Å²) in [5.74, 6) is 0.833. The lowest BCUT2D eigenvalue weighted by Gasteiger charge is -1.95. The van der Waals surface area contributed by atoms with Gasteiger partial charge in [-0.1, -0.05) is 6.92 Å². The van der Waals surface area contributed by atoms with E-state index in [1.807, 2.05) is 0 Å². The molecule has 0 rings (SSSR count). The molecule has 44 valence electrons. The molecule has 7 heavy (non-hydrogen) atoms. The first kappa shape index (κ1) is 7.31. The van der Waals surface area contributed by atoms with Crippen LogP contribution in [0.4, 0.5) is 0 Å². The molecule has 1 nitrogen and oxygen atoms in total. The third kappa shape index (κ3) is 6.31. The van der Waals surface area contributed by atoms with E-state index < -0.39 is 0 Å². The van der Waals surface area contributed by atoms with Crippen molar-refractivity contribution < 1.29 is 4.74 Å². The Bertz CT molecular complexity index is 27.3. The van der Waals surface area contributed by atoms with Crippen molar-refractivity contribution in [2.45, 2.75) is 13.3 Å². The van der Waals surface area contributed by atoms with E-state index in [1.54, 1.807) is 0 Å². The molecule has 2 heteroatoms. The molecule has 0 fully saturated rings. The highest BCUT2D eigenvalue weighted by Crippen LogP contribution is 1.80. The van der Waals surface area contributed by atoms with Crippen LogP contribution in [0, 0.1) is 0 Å². The normalized spacial score (nSPS) is 9.43. The van der Waals surface area contributed by atoms with Gasteiger partial charge in [0, 0.05) is 12.4 Å². The fourth-order valence-corrected chi connectivity index (χ4v) is 0.440. The van der Waals surface area contributed by atoms with Crippen LogP contribution in [0.25, 0.3) is 0 Å². The van der Waals surface area contributed by atoms with E-state index in [-0.39, 0.29) is 0 Å². The van der Waals surface area contributed by atoms with Crippen LogP contribution in [0.15, 0.2) is 0 Å². The third-order valence-electron chi connectivity index (χ3n) is 0.584. The minimum atomic E-state index is 0.789. The smallest absolute Gasteiger partial charge is 0.0554 e. The fraction of sp³-hybridized carbons (Fsp3) is 1.00. The zero-order chi connectivity index (χ0) is 5.54. The molecule has 0 aliphatic rings. The maximum absolute atomic E-state index is 5.06. The van der Waals surface area contributed by atoms with E-state index in [4.69, 9.17) is 4.74 Å². The lowest BCUT2D eigenvalue weighted by molar-refractivity contribution is 0.151. The summed E-state index contributed by atoms with van der Waals surface area (Å²) < 4.78 is 5.06. The summed E-state index contributed by atoms with van der Waals surface area (Å²) in [7, 11) is 0. The Balaban J connectivity index is 2.45. The van der Waals surface area contributed by atoms with Crippen LogP contribution >= 0.6 is 12.6 Å². The summed E-state index contributed by atoms with van der Waals surface area (Å²) in [4.78, 5) is 0. The van der Waals surface area contributed by atoms with E-state index in [1.165, 1.54) is 0 Å². The van der Waals surface area contributed by atoms with Crippen molar-refractivity contribution in [3.8, 4) is 0 Å². The molecule has 0 aliphatic heterocycles. The number of hydrogen-bond acceptors (Lipinski definition) is 2. The molecule has 0 heterocycles. The van der Waals surface area contributed by atoms with Crippen molar-refractivity contribution >= 4 is 12.6 Å². The molecule has 0 unspecified atom stereocenters. The molecule has 0 bridgehead atoms. The van der Waals surface area contributed by atoms with Gasteiger partial charge in [-0.3, -0.25) is 0 Å². The lowest BCUT2D eigenvalue weighted by Crippen LogP contribution is -1.95. The van der Waals surface area contributed by atoms with Crippen molar-refractivity contribution in [2.75, 3.05) is 19.0 Å². The molecule has 0 aliphatic carbocycles. The van der Waals surface area contributed by atoms with E-state index >= 15 is 0 Å². The van der Waals surface area contributed by atoms with Gasteiger partial charge in [0.05, 0.1) is 6.61 Å². The Hall–Kier alpha value is 0.310. The largest absolute Gasteiger partial charge is 0.381 e. The van der Waals surface area contributed by atoms with Crippen molar-refractivity contribution in [3.05, 3.63) is 0 Å². The average molecular weight is 120 g/mol. The molecular formula is C5H12OS. The predicted octanol–water partition coefficient (Wildman–Crippen LogP) is 1.34. The Morgan fingerprint density at radius 2 is 2.14 bits per heavy atom. The van der Waals surface area contributed by atoms with Crippen molar-refractivity contribution in [2.24, 2.45) is 0 Å². The molecule has 0 atom stereocenters. The Kier molecular flexibility index (Phi) is 6.59. The summed E-state index contributed by atoms with van der Waals surface area (Å²) in [6.45, 7) is 3.76. The van der Waals surface area contributed by atoms with Crippen molar-refractivity contribution in [1.82, 2.24) is 0 Å². The monoisotopic (exact) mass is 120 g/mol. The van der Waals surface area contributed by atoms with Gasteiger partial charge in [0.1, 0.15) is 0 Å². The second kappa shape index (κ2) is 6.31. The zero-order valence-corrected chi connectivity index (χ0v) is 5.58. The Morgan fingerprint density at radius 3 is 2.57 bits per heavy atom. The van der Waals surface area contributed by atoms with Crippen LogP contribution in [0.3, 0.4) is 0 Å². The van der Waals surface area contributed by atoms with Crippen LogP contribution in [-0.2, 0) is 4.74 Å². The van der Waals surface area contributed by atoms with Gasteiger partial charge in [-0.05, 0) is 6.42 Å². The maximum Gasteiger partial charge on any atom is 0.0554 e. The van der Waals surface area contributed by atoms with Gasteiger partial charge in [0.15, 0.2) is 0 Å². The van der Waals surface area contributed by atoms with Crippen molar-refractivity contribution in [1.29, 1.82) is 0 Å². The average Bonchev–Trinajstić information content (AvgIpc) is 1.69. The summed E-state index contributed by atoms with van der Waals surface area (Å²) in [5, 5.41) is 0. The van der Waals surface area contributed by atoms with Crippen LogP contribution in [-0.4, -0.2) is 19.0 Å². The predicted molar refractivity (Wildman–Crippen MR) is 35.0 cm³/mol.